The van der Waals surface area contributed by atoms with E-state index >= 15 is 0 Å². The van der Waals surface area contributed by atoms with Gasteiger partial charge in [-0.15, -0.1) is 0 Å². The first-order chi connectivity index (χ1) is 17.3. The Morgan fingerprint density at radius 3 is 2.44 bits per heavy atom. The maximum atomic E-state index is 13.6. The van der Waals surface area contributed by atoms with Crippen LogP contribution >= 0.6 is 0 Å². The van der Waals surface area contributed by atoms with Crippen molar-refractivity contribution in [3.8, 4) is 0 Å². The van der Waals surface area contributed by atoms with Crippen molar-refractivity contribution < 1.29 is 19.1 Å². The molecule has 2 aliphatic heterocycles. The lowest BCUT2D eigenvalue weighted by Gasteiger charge is -2.51. The van der Waals surface area contributed by atoms with E-state index in [2.05, 4.69) is 59.5 Å². The van der Waals surface area contributed by atoms with Crippen LogP contribution in [-0.2, 0) is 19.9 Å². The fourth-order valence-electron chi connectivity index (χ4n) is 6.30. The summed E-state index contributed by atoms with van der Waals surface area (Å²) in [6.07, 6.45) is 4.79. The summed E-state index contributed by atoms with van der Waals surface area (Å²) >= 11 is 0. The zero-order valence-corrected chi connectivity index (χ0v) is 22.0. The van der Waals surface area contributed by atoms with Crippen LogP contribution in [-0.4, -0.2) is 110 Å². The topological polar surface area (TPSA) is 85.4 Å². The number of nitrogens with zero attached hydrogens (tertiary/aromatic N) is 4. The Morgan fingerprint density at radius 1 is 1.08 bits per heavy atom. The van der Waals surface area contributed by atoms with Crippen LogP contribution in [0.4, 0.5) is 4.79 Å². The van der Waals surface area contributed by atoms with Crippen molar-refractivity contribution in [2.45, 2.75) is 49.6 Å². The van der Waals surface area contributed by atoms with Crippen molar-refractivity contribution in [1.29, 1.82) is 0 Å². The summed E-state index contributed by atoms with van der Waals surface area (Å²) in [6.45, 7) is 3.41. The number of nitrogens with one attached hydrogen (secondary N) is 1. The van der Waals surface area contributed by atoms with Gasteiger partial charge in [0.25, 0.3) is 0 Å². The van der Waals surface area contributed by atoms with Crippen LogP contribution in [0.1, 0.15) is 44.1 Å². The number of amides is 4. The number of piperazine rings is 1. The Balaban J connectivity index is 1.47. The summed E-state index contributed by atoms with van der Waals surface area (Å²) < 4.78 is 5.28. The molecule has 1 aromatic rings. The molecule has 1 spiro atoms. The van der Waals surface area contributed by atoms with Crippen molar-refractivity contribution in [3.63, 3.8) is 0 Å². The number of carbonyl (C=O) groups is 3. The lowest BCUT2D eigenvalue weighted by Crippen LogP contribution is -2.55. The molecule has 2 heterocycles. The van der Waals surface area contributed by atoms with E-state index in [4.69, 9.17) is 4.74 Å². The molecule has 2 saturated heterocycles. The van der Waals surface area contributed by atoms with Gasteiger partial charge in [-0.1, -0.05) is 30.3 Å². The van der Waals surface area contributed by atoms with E-state index in [0.29, 0.717) is 39.3 Å². The molecule has 1 saturated carbocycles. The monoisotopic (exact) mass is 499 g/mol. The van der Waals surface area contributed by atoms with Crippen molar-refractivity contribution in [3.05, 3.63) is 35.9 Å². The SMILES string of the molecule is COCCCN1C(=O)N(CCC(=O)N2CCNC(=O)C2)CC12CCC(c1ccccc1)(N(C)C)CC2. The minimum Gasteiger partial charge on any atom is -0.385 e. The maximum Gasteiger partial charge on any atom is 0.320 e. The highest BCUT2D eigenvalue weighted by atomic mass is 16.5. The normalized spacial score (nSPS) is 26.7. The lowest BCUT2D eigenvalue weighted by atomic mass is 9.68. The quantitative estimate of drug-likeness (QED) is 0.525. The van der Waals surface area contributed by atoms with E-state index in [1.54, 1.807) is 12.0 Å². The molecule has 1 N–H and O–H groups in total. The minimum atomic E-state index is -0.229. The number of hydrogen-bond acceptors (Lipinski definition) is 5. The molecule has 0 radical (unpaired) electrons. The Morgan fingerprint density at radius 2 is 1.81 bits per heavy atom. The molecule has 0 aromatic heterocycles. The molecular weight excluding hydrogens is 458 g/mol. The fraction of sp³-hybridized carbons (Fsp3) is 0.667. The second kappa shape index (κ2) is 11.2. The summed E-state index contributed by atoms with van der Waals surface area (Å²) in [5, 5.41) is 2.75. The highest BCUT2D eigenvalue weighted by Crippen LogP contribution is 2.48. The first-order valence-corrected chi connectivity index (χ1v) is 13.1. The highest BCUT2D eigenvalue weighted by Gasteiger charge is 2.54. The van der Waals surface area contributed by atoms with Gasteiger partial charge in [0.05, 0.1) is 12.1 Å². The zero-order valence-electron chi connectivity index (χ0n) is 22.0. The van der Waals surface area contributed by atoms with Crippen molar-refractivity contribution in [1.82, 2.24) is 24.9 Å². The summed E-state index contributed by atoms with van der Waals surface area (Å²) in [5.74, 6) is -0.191. The van der Waals surface area contributed by atoms with E-state index in [1.165, 1.54) is 5.56 Å². The first-order valence-electron chi connectivity index (χ1n) is 13.1. The van der Waals surface area contributed by atoms with Crippen LogP contribution in [0.5, 0.6) is 0 Å². The van der Waals surface area contributed by atoms with Crippen molar-refractivity contribution in [2.75, 3.05) is 67.1 Å². The predicted octanol–water partition coefficient (Wildman–Crippen LogP) is 1.88. The largest absolute Gasteiger partial charge is 0.385 e. The first kappa shape index (κ1) is 26.4. The Kier molecular flexibility index (Phi) is 8.20. The summed E-state index contributed by atoms with van der Waals surface area (Å²) in [5.41, 5.74) is 1.05. The molecule has 9 nitrogen and oxygen atoms in total. The van der Waals surface area contributed by atoms with Gasteiger partial charge < -0.3 is 24.8 Å². The van der Waals surface area contributed by atoms with Gasteiger partial charge in [0.1, 0.15) is 0 Å². The number of carbonyl (C=O) groups excluding carboxylic acids is 3. The van der Waals surface area contributed by atoms with E-state index in [1.807, 2.05) is 4.90 Å². The maximum absolute atomic E-state index is 13.6. The van der Waals surface area contributed by atoms with Gasteiger partial charge in [-0.25, -0.2) is 4.79 Å². The summed E-state index contributed by atoms with van der Waals surface area (Å²) in [6, 6.07) is 10.7. The van der Waals surface area contributed by atoms with Gasteiger partial charge in [-0.05, 0) is 51.8 Å². The van der Waals surface area contributed by atoms with E-state index in [-0.39, 0.29) is 41.9 Å². The molecule has 0 unspecified atom stereocenters. The van der Waals surface area contributed by atoms with E-state index in [0.717, 1.165) is 32.1 Å². The molecule has 36 heavy (non-hydrogen) atoms. The van der Waals surface area contributed by atoms with Crippen LogP contribution in [0.15, 0.2) is 30.3 Å². The van der Waals surface area contributed by atoms with Gasteiger partial charge in [-0.3, -0.25) is 14.5 Å². The van der Waals surface area contributed by atoms with Crippen LogP contribution in [0.25, 0.3) is 0 Å². The Hall–Kier alpha value is -2.65. The number of benzene rings is 1. The van der Waals surface area contributed by atoms with Crippen LogP contribution in [0.3, 0.4) is 0 Å². The molecule has 4 rings (SSSR count). The average Bonchev–Trinajstić information content (AvgIpc) is 3.14. The third-order valence-corrected chi connectivity index (χ3v) is 8.45. The summed E-state index contributed by atoms with van der Waals surface area (Å²) in [7, 11) is 5.99. The highest BCUT2D eigenvalue weighted by molar-refractivity contribution is 5.86. The Labute approximate surface area is 214 Å². The molecule has 3 aliphatic rings. The van der Waals surface area contributed by atoms with Gasteiger partial charge in [0, 0.05) is 58.4 Å². The fourth-order valence-corrected chi connectivity index (χ4v) is 6.30. The molecule has 1 aliphatic carbocycles. The zero-order chi connectivity index (χ0) is 25.8. The second-order valence-corrected chi connectivity index (χ2v) is 10.6. The van der Waals surface area contributed by atoms with Crippen molar-refractivity contribution in [2.24, 2.45) is 0 Å². The minimum absolute atomic E-state index is 0.0207. The lowest BCUT2D eigenvalue weighted by molar-refractivity contribution is -0.138. The number of urea groups is 1. The van der Waals surface area contributed by atoms with Gasteiger partial charge in [0.2, 0.25) is 11.8 Å². The second-order valence-electron chi connectivity index (χ2n) is 10.6. The molecule has 4 amide bonds. The third kappa shape index (κ3) is 5.22. The molecule has 0 atom stereocenters. The van der Waals surface area contributed by atoms with Crippen LogP contribution in [0.2, 0.25) is 0 Å². The molecule has 198 valence electrons. The summed E-state index contributed by atoms with van der Waals surface area (Å²) in [4.78, 5) is 45.9. The Bertz CT molecular complexity index is 929. The van der Waals surface area contributed by atoms with Crippen LogP contribution in [0, 0.1) is 0 Å². The third-order valence-electron chi connectivity index (χ3n) is 8.45. The van der Waals surface area contributed by atoms with Gasteiger partial charge in [-0.2, -0.15) is 0 Å². The number of methoxy groups -OCH3 is 1. The average molecular weight is 500 g/mol. The van der Waals surface area contributed by atoms with Crippen LogP contribution < -0.4 is 5.32 Å². The number of hydrogen-bond donors (Lipinski definition) is 1. The smallest absolute Gasteiger partial charge is 0.320 e. The molecule has 1 aromatic carbocycles. The molecule has 3 fully saturated rings. The van der Waals surface area contributed by atoms with E-state index < -0.39 is 0 Å². The molecular formula is C27H41N5O4. The van der Waals surface area contributed by atoms with Gasteiger partial charge in [0.15, 0.2) is 0 Å². The van der Waals surface area contributed by atoms with E-state index in [9.17, 15) is 14.4 Å². The predicted molar refractivity (Wildman–Crippen MR) is 137 cm³/mol. The van der Waals surface area contributed by atoms with Crippen molar-refractivity contribution >= 4 is 17.8 Å². The van der Waals surface area contributed by atoms with Gasteiger partial charge >= 0.3 is 6.03 Å². The standard InChI is InChI=1S/C27H41N5O4/c1-29(2)27(22-8-5-4-6-9-22)13-11-26(12-14-27)21-31(25(35)32(26)16-7-19-36-3)17-10-24(34)30-18-15-28-23(33)20-30/h4-6,8-9H,7,10-21H2,1-3H3,(H,28,33). The number of rotatable bonds is 9. The molecule has 9 heteroatoms. The number of ether oxygens (including phenoxy) is 1. The molecule has 0 bridgehead atoms.